The number of nitrogens with zero attached hydrogens (tertiary/aromatic N) is 1. The van der Waals surface area contributed by atoms with Gasteiger partial charge in [0.15, 0.2) is 5.96 Å². The zero-order valence-corrected chi connectivity index (χ0v) is 15.5. The molecule has 1 aliphatic carbocycles. The van der Waals surface area contributed by atoms with Gasteiger partial charge in [-0.2, -0.15) is 0 Å². The molecule has 2 N–H and O–H groups in total. The predicted octanol–water partition coefficient (Wildman–Crippen LogP) is 3.97. The molecule has 0 saturated heterocycles. The normalized spacial score (nSPS) is 15.8. The number of fused-ring (bicyclic) bond motifs is 1. The quantitative estimate of drug-likeness (QED) is 0.455. The van der Waals surface area contributed by atoms with Crippen LogP contribution in [0.15, 0.2) is 33.7 Å². The van der Waals surface area contributed by atoms with E-state index in [0.717, 1.165) is 17.3 Å². The van der Waals surface area contributed by atoms with Gasteiger partial charge in [-0.05, 0) is 25.8 Å². The standard InChI is InChI=1S/C17H23N3O.HI/c1-12-14-9-5-6-10-15(14)21-16(12)11-19-17(18-2)20-13-7-3-4-8-13;/h5-6,9-10,13H,3-4,7-8,11H2,1-2H3,(H2,18,19,20);1H. The Labute approximate surface area is 148 Å². The molecule has 0 unspecified atom stereocenters. The third-order valence-corrected chi connectivity index (χ3v) is 4.28. The highest BCUT2D eigenvalue weighted by Crippen LogP contribution is 2.24. The third-order valence-electron chi connectivity index (χ3n) is 4.28. The van der Waals surface area contributed by atoms with Gasteiger partial charge in [-0.15, -0.1) is 24.0 Å². The number of guanidine groups is 1. The molecule has 1 fully saturated rings. The van der Waals surface area contributed by atoms with Crippen molar-refractivity contribution >= 4 is 40.9 Å². The van der Waals surface area contributed by atoms with Crippen LogP contribution >= 0.6 is 24.0 Å². The van der Waals surface area contributed by atoms with Gasteiger partial charge in [0.05, 0.1) is 6.54 Å². The zero-order chi connectivity index (χ0) is 14.7. The van der Waals surface area contributed by atoms with Crippen LogP contribution in [0.5, 0.6) is 0 Å². The lowest BCUT2D eigenvalue weighted by atomic mass is 10.1. The van der Waals surface area contributed by atoms with Crippen molar-refractivity contribution in [2.24, 2.45) is 4.99 Å². The monoisotopic (exact) mass is 413 g/mol. The Morgan fingerprint density at radius 2 is 2.00 bits per heavy atom. The van der Waals surface area contributed by atoms with Crippen LogP contribution in [-0.2, 0) is 6.54 Å². The minimum atomic E-state index is 0. The minimum Gasteiger partial charge on any atom is -0.459 e. The van der Waals surface area contributed by atoms with E-state index in [0.29, 0.717) is 12.6 Å². The molecule has 0 aliphatic heterocycles. The molecule has 0 spiro atoms. The van der Waals surface area contributed by atoms with Gasteiger partial charge in [0.1, 0.15) is 11.3 Å². The fraction of sp³-hybridized carbons (Fsp3) is 0.471. The van der Waals surface area contributed by atoms with E-state index in [1.165, 1.54) is 36.6 Å². The second-order valence-corrected chi connectivity index (χ2v) is 5.70. The van der Waals surface area contributed by atoms with Gasteiger partial charge in [-0.1, -0.05) is 31.0 Å². The average Bonchev–Trinajstić information content (AvgIpc) is 3.12. The largest absolute Gasteiger partial charge is 0.459 e. The molecule has 0 amide bonds. The topological polar surface area (TPSA) is 49.6 Å². The SMILES string of the molecule is CN=C(NCc1oc2ccccc2c1C)NC1CCCC1.I. The maximum Gasteiger partial charge on any atom is 0.191 e. The molecular weight excluding hydrogens is 389 g/mol. The summed E-state index contributed by atoms with van der Waals surface area (Å²) in [5, 5.41) is 8.03. The first-order valence-corrected chi connectivity index (χ1v) is 7.72. The highest BCUT2D eigenvalue weighted by atomic mass is 127. The first-order valence-electron chi connectivity index (χ1n) is 7.72. The van der Waals surface area contributed by atoms with E-state index < -0.39 is 0 Å². The Morgan fingerprint density at radius 3 is 2.68 bits per heavy atom. The molecule has 0 radical (unpaired) electrons. The summed E-state index contributed by atoms with van der Waals surface area (Å²) in [5.41, 5.74) is 2.15. The second kappa shape index (κ2) is 7.85. The third kappa shape index (κ3) is 3.74. The maximum absolute atomic E-state index is 5.92. The number of hydrogen-bond donors (Lipinski definition) is 2. The van der Waals surface area contributed by atoms with E-state index in [4.69, 9.17) is 4.42 Å². The van der Waals surface area contributed by atoms with Crippen LogP contribution in [0.3, 0.4) is 0 Å². The van der Waals surface area contributed by atoms with Gasteiger partial charge in [0.25, 0.3) is 0 Å². The molecular formula is C17H24IN3O. The number of benzene rings is 1. The van der Waals surface area contributed by atoms with Gasteiger partial charge < -0.3 is 15.1 Å². The summed E-state index contributed by atoms with van der Waals surface area (Å²) < 4.78 is 5.92. The molecule has 5 heteroatoms. The van der Waals surface area contributed by atoms with Crippen LogP contribution in [0.2, 0.25) is 0 Å². The van der Waals surface area contributed by atoms with Gasteiger partial charge in [0.2, 0.25) is 0 Å². The molecule has 0 atom stereocenters. The van der Waals surface area contributed by atoms with Crippen LogP contribution in [0.25, 0.3) is 11.0 Å². The Morgan fingerprint density at radius 1 is 1.27 bits per heavy atom. The summed E-state index contributed by atoms with van der Waals surface area (Å²) >= 11 is 0. The predicted molar refractivity (Wildman–Crippen MR) is 102 cm³/mol. The number of aliphatic imine (C=N–C) groups is 1. The van der Waals surface area contributed by atoms with Gasteiger partial charge in [0, 0.05) is 24.0 Å². The molecule has 3 rings (SSSR count). The lowest BCUT2D eigenvalue weighted by Gasteiger charge is -2.16. The molecule has 1 saturated carbocycles. The van der Waals surface area contributed by atoms with Crippen molar-refractivity contribution in [3.63, 3.8) is 0 Å². The van der Waals surface area contributed by atoms with E-state index in [1.54, 1.807) is 0 Å². The molecule has 1 aliphatic rings. The first-order chi connectivity index (χ1) is 10.3. The highest BCUT2D eigenvalue weighted by Gasteiger charge is 2.16. The van der Waals surface area contributed by atoms with E-state index in [9.17, 15) is 0 Å². The Balaban J connectivity index is 0.00000176. The smallest absolute Gasteiger partial charge is 0.191 e. The van der Waals surface area contributed by atoms with Crippen molar-refractivity contribution in [3.8, 4) is 0 Å². The van der Waals surface area contributed by atoms with Gasteiger partial charge in [-0.25, -0.2) is 0 Å². The Hall–Kier alpha value is -1.24. The van der Waals surface area contributed by atoms with Crippen molar-refractivity contribution in [2.45, 2.75) is 45.2 Å². The Kier molecular flexibility index (Phi) is 6.11. The van der Waals surface area contributed by atoms with Crippen molar-refractivity contribution in [2.75, 3.05) is 7.05 Å². The summed E-state index contributed by atoms with van der Waals surface area (Å²) in [5.74, 6) is 1.84. The van der Waals surface area contributed by atoms with Crippen molar-refractivity contribution < 1.29 is 4.42 Å². The van der Waals surface area contributed by atoms with E-state index in [1.807, 2.05) is 25.2 Å². The van der Waals surface area contributed by atoms with Crippen molar-refractivity contribution in [3.05, 3.63) is 35.6 Å². The van der Waals surface area contributed by atoms with Crippen molar-refractivity contribution in [1.82, 2.24) is 10.6 Å². The van der Waals surface area contributed by atoms with Crippen LogP contribution in [0.1, 0.15) is 37.0 Å². The van der Waals surface area contributed by atoms with Crippen LogP contribution in [0, 0.1) is 6.92 Å². The average molecular weight is 413 g/mol. The van der Waals surface area contributed by atoms with Crippen LogP contribution in [0.4, 0.5) is 0 Å². The summed E-state index contributed by atoms with van der Waals surface area (Å²) in [4.78, 5) is 4.30. The summed E-state index contributed by atoms with van der Waals surface area (Å²) in [7, 11) is 1.82. The number of nitrogens with one attached hydrogen (secondary N) is 2. The maximum atomic E-state index is 5.92. The number of rotatable bonds is 3. The molecule has 0 bridgehead atoms. The van der Waals surface area contributed by atoms with E-state index in [-0.39, 0.29) is 24.0 Å². The van der Waals surface area contributed by atoms with Crippen LogP contribution in [-0.4, -0.2) is 19.0 Å². The lowest BCUT2D eigenvalue weighted by Crippen LogP contribution is -2.41. The number of hydrogen-bond acceptors (Lipinski definition) is 2. The fourth-order valence-corrected chi connectivity index (χ4v) is 3.02. The number of aryl methyl sites for hydroxylation is 1. The molecule has 22 heavy (non-hydrogen) atoms. The van der Waals surface area contributed by atoms with Crippen molar-refractivity contribution in [1.29, 1.82) is 0 Å². The summed E-state index contributed by atoms with van der Waals surface area (Å²) in [6, 6.07) is 8.72. The molecule has 4 nitrogen and oxygen atoms in total. The van der Waals surface area contributed by atoms with Gasteiger partial charge >= 0.3 is 0 Å². The minimum absolute atomic E-state index is 0. The second-order valence-electron chi connectivity index (χ2n) is 5.70. The molecule has 120 valence electrons. The molecule has 1 aromatic heterocycles. The van der Waals surface area contributed by atoms with Gasteiger partial charge in [-0.3, -0.25) is 4.99 Å². The van der Waals surface area contributed by atoms with E-state index in [2.05, 4.69) is 28.6 Å². The molecule has 1 heterocycles. The number of para-hydroxylation sites is 1. The van der Waals surface area contributed by atoms with Crippen LogP contribution < -0.4 is 10.6 Å². The zero-order valence-electron chi connectivity index (χ0n) is 13.2. The first kappa shape index (κ1) is 17.1. The number of furan rings is 1. The molecule has 1 aromatic carbocycles. The van der Waals surface area contributed by atoms with E-state index >= 15 is 0 Å². The molecule has 2 aromatic rings. The lowest BCUT2D eigenvalue weighted by molar-refractivity contribution is 0.530. The highest BCUT2D eigenvalue weighted by molar-refractivity contribution is 14.0. The fourth-order valence-electron chi connectivity index (χ4n) is 3.02. The summed E-state index contributed by atoms with van der Waals surface area (Å²) in [6.07, 6.45) is 5.11. The number of halogens is 1. The summed E-state index contributed by atoms with van der Waals surface area (Å²) in [6.45, 7) is 2.77. The Bertz CT molecular complexity index is 644.